The Morgan fingerprint density at radius 3 is 2.48 bits per heavy atom. The predicted octanol–water partition coefficient (Wildman–Crippen LogP) is 2.53. The van der Waals surface area contributed by atoms with Gasteiger partial charge in [-0.2, -0.15) is 0 Å². The SMILES string of the molecule is CC(C)(C)NS(=O)(=O)c1cccc(C(=O)OCC(=O)c2ccc3c(c2)OCO3)c1. The van der Waals surface area contributed by atoms with Gasteiger partial charge in [0.15, 0.2) is 23.9 Å². The van der Waals surface area contributed by atoms with E-state index in [0.717, 1.165) is 0 Å². The number of sulfonamides is 1. The van der Waals surface area contributed by atoms with Crippen LogP contribution >= 0.6 is 0 Å². The molecule has 1 aliphatic rings. The second-order valence-corrected chi connectivity index (χ2v) is 9.13. The molecule has 1 aliphatic heterocycles. The summed E-state index contributed by atoms with van der Waals surface area (Å²) in [5.74, 6) is -0.228. The maximum absolute atomic E-state index is 12.4. The van der Waals surface area contributed by atoms with Crippen LogP contribution in [0.25, 0.3) is 0 Å². The van der Waals surface area contributed by atoms with Crippen LogP contribution in [0.1, 0.15) is 41.5 Å². The van der Waals surface area contributed by atoms with E-state index in [1.54, 1.807) is 32.9 Å². The van der Waals surface area contributed by atoms with Crippen LogP contribution in [0.2, 0.25) is 0 Å². The quantitative estimate of drug-likeness (QED) is 0.566. The smallest absolute Gasteiger partial charge is 0.338 e. The first-order valence-electron chi connectivity index (χ1n) is 8.79. The van der Waals surface area contributed by atoms with E-state index in [0.29, 0.717) is 17.1 Å². The Balaban J connectivity index is 1.67. The molecule has 1 N–H and O–H groups in total. The number of nitrogens with one attached hydrogen (secondary N) is 1. The number of rotatable bonds is 6. The first-order chi connectivity index (χ1) is 13.5. The molecule has 1 heterocycles. The zero-order valence-electron chi connectivity index (χ0n) is 16.2. The Morgan fingerprint density at radius 1 is 1.03 bits per heavy atom. The Bertz CT molecular complexity index is 1050. The molecule has 3 rings (SSSR count). The van der Waals surface area contributed by atoms with Gasteiger partial charge in [-0.1, -0.05) is 6.07 Å². The molecule has 2 aromatic carbocycles. The summed E-state index contributed by atoms with van der Waals surface area (Å²) >= 11 is 0. The summed E-state index contributed by atoms with van der Waals surface area (Å²) in [5, 5.41) is 0. The van der Waals surface area contributed by atoms with E-state index < -0.39 is 33.9 Å². The van der Waals surface area contributed by atoms with Crippen molar-refractivity contribution >= 4 is 21.8 Å². The molecule has 9 heteroatoms. The number of carbonyl (C=O) groups is 2. The van der Waals surface area contributed by atoms with Crippen molar-refractivity contribution in [2.75, 3.05) is 13.4 Å². The minimum absolute atomic E-state index is 0.0280. The first-order valence-corrected chi connectivity index (χ1v) is 10.3. The third-order valence-corrected chi connectivity index (χ3v) is 5.61. The number of ketones is 1. The molecule has 0 saturated heterocycles. The van der Waals surface area contributed by atoms with E-state index in [4.69, 9.17) is 14.2 Å². The van der Waals surface area contributed by atoms with Gasteiger partial charge >= 0.3 is 5.97 Å². The topological polar surface area (TPSA) is 108 Å². The van der Waals surface area contributed by atoms with Gasteiger partial charge in [0.05, 0.1) is 10.5 Å². The van der Waals surface area contributed by atoms with Crippen molar-refractivity contribution in [2.45, 2.75) is 31.2 Å². The zero-order valence-corrected chi connectivity index (χ0v) is 17.0. The highest BCUT2D eigenvalue weighted by Crippen LogP contribution is 2.32. The zero-order chi connectivity index (χ0) is 21.2. The molecule has 0 amide bonds. The first kappa shape index (κ1) is 20.8. The van der Waals surface area contributed by atoms with Crippen molar-refractivity contribution in [3.8, 4) is 11.5 Å². The molecule has 0 radical (unpaired) electrons. The third kappa shape index (κ3) is 5.12. The van der Waals surface area contributed by atoms with Gasteiger partial charge < -0.3 is 14.2 Å². The standard InChI is InChI=1S/C20H21NO7S/c1-20(2,3)21-29(24,25)15-6-4-5-14(9-15)19(23)26-11-16(22)13-7-8-17-18(10-13)28-12-27-17/h4-10,21H,11-12H2,1-3H3. The van der Waals surface area contributed by atoms with Crippen LogP contribution in [0.4, 0.5) is 0 Å². The van der Waals surface area contributed by atoms with Gasteiger partial charge in [-0.15, -0.1) is 0 Å². The van der Waals surface area contributed by atoms with Crippen molar-refractivity contribution in [2.24, 2.45) is 0 Å². The molecule has 0 saturated carbocycles. The Labute approximate surface area is 168 Å². The number of Topliss-reactive ketones (excluding diaryl/α,β-unsaturated/α-hetero) is 1. The Morgan fingerprint density at radius 2 is 1.76 bits per heavy atom. The number of carbonyl (C=O) groups excluding carboxylic acids is 2. The van der Waals surface area contributed by atoms with E-state index >= 15 is 0 Å². The number of hydrogen-bond acceptors (Lipinski definition) is 7. The molecular formula is C20H21NO7S. The fourth-order valence-corrected chi connectivity index (χ4v) is 4.08. The summed E-state index contributed by atoms with van der Waals surface area (Å²) in [6, 6.07) is 10.1. The maximum Gasteiger partial charge on any atom is 0.338 e. The van der Waals surface area contributed by atoms with Crippen molar-refractivity contribution in [1.29, 1.82) is 0 Å². The molecule has 2 aromatic rings. The summed E-state index contributed by atoms with van der Waals surface area (Å²) in [6.07, 6.45) is 0. The Kier molecular flexibility index (Phi) is 5.63. The largest absolute Gasteiger partial charge is 0.454 e. The van der Waals surface area contributed by atoms with Crippen molar-refractivity contribution in [3.05, 3.63) is 53.6 Å². The summed E-state index contributed by atoms with van der Waals surface area (Å²) < 4.78 is 42.8. The second-order valence-electron chi connectivity index (χ2n) is 7.45. The average Bonchev–Trinajstić information content (AvgIpc) is 3.11. The summed E-state index contributed by atoms with van der Waals surface area (Å²) in [5.41, 5.74) is -0.333. The molecule has 0 aromatic heterocycles. The molecule has 0 unspecified atom stereocenters. The second kappa shape index (κ2) is 7.84. The molecule has 0 fully saturated rings. The predicted molar refractivity (Wildman–Crippen MR) is 104 cm³/mol. The van der Waals surface area contributed by atoms with E-state index in [1.165, 1.54) is 30.3 Å². The molecule has 0 aliphatic carbocycles. The van der Waals surface area contributed by atoms with E-state index in [9.17, 15) is 18.0 Å². The van der Waals surface area contributed by atoms with Gasteiger partial charge in [-0.05, 0) is 57.2 Å². The third-order valence-electron chi connectivity index (χ3n) is 3.85. The highest BCUT2D eigenvalue weighted by molar-refractivity contribution is 7.89. The highest BCUT2D eigenvalue weighted by Gasteiger charge is 2.23. The lowest BCUT2D eigenvalue weighted by Crippen LogP contribution is -2.40. The van der Waals surface area contributed by atoms with Gasteiger partial charge in [0.1, 0.15) is 0 Å². The highest BCUT2D eigenvalue weighted by atomic mass is 32.2. The molecular weight excluding hydrogens is 398 g/mol. The number of fused-ring (bicyclic) bond motifs is 1. The van der Waals surface area contributed by atoms with E-state index in [-0.39, 0.29) is 17.3 Å². The molecule has 0 atom stereocenters. The lowest BCUT2D eigenvalue weighted by molar-refractivity contribution is 0.0474. The van der Waals surface area contributed by atoms with E-state index in [1.807, 2.05) is 0 Å². The van der Waals surface area contributed by atoms with Crippen LogP contribution in [-0.4, -0.2) is 39.1 Å². The van der Waals surface area contributed by atoms with Gasteiger partial charge in [0, 0.05) is 11.1 Å². The molecule has 8 nitrogen and oxygen atoms in total. The van der Waals surface area contributed by atoms with Crippen molar-refractivity contribution in [1.82, 2.24) is 4.72 Å². The van der Waals surface area contributed by atoms with Crippen molar-refractivity contribution in [3.63, 3.8) is 0 Å². The number of esters is 1. The minimum Gasteiger partial charge on any atom is -0.454 e. The molecule has 29 heavy (non-hydrogen) atoms. The van der Waals surface area contributed by atoms with Crippen LogP contribution in [-0.2, 0) is 14.8 Å². The van der Waals surface area contributed by atoms with Gasteiger partial charge in [0.2, 0.25) is 16.8 Å². The lowest BCUT2D eigenvalue weighted by atomic mass is 10.1. The number of benzene rings is 2. The van der Waals surface area contributed by atoms with Crippen LogP contribution in [0.15, 0.2) is 47.4 Å². The number of hydrogen-bond donors (Lipinski definition) is 1. The minimum atomic E-state index is -3.80. The molecule has 0 spiro atoms. The summed E-state index contributed by atoms with van der Waals surface area (Å²) in [4.78, 5) is 24.5. The summed E-state index contributed by atoms with van der Waals surface area (Å²) in [7, 11) is -3.80. The van der Waals surface area contributed by atoms with E-state index in [2.05, 4.69) is 4.72 Å². The normalized spacial score (nSPS) is 13.2. The maximum atomic E-state index is 12.4. The average molecular weight is 419 g/mol. The number of ether oxygens (including phenoxy) is 3. The van der Waals surface area contributed by atoms with Crippen molar-refractivity contribution < 1.29 is 32.2 Å². The van der Waals surface area contributed by atoms with Crippen LogP contribution in [0.3, 0.4) is 0 Å². The Hall–Kier alpha value is -2.91. The fourth-order valence-electron chi connectivity index (χ4n) is 2.62. The summed E-state index contributed by atoms with van der Waals surface area (Å²) in [6.45, 7) is 4.74. The lowest BCUT2D eigenvalue weighted by Gasteiger charge is -2.20. The van der Waals surface area contributed by atoms with Gasteiger partial charge in [0.25, 0.3) is 0 Å². The van der Waals surface area contributed by atoms with Crippen LogP contribution in [0, 0.1) is 0 Å². The molecule has 0 bridgehead atoms. The monoisotopic (exact) mass is 419 g/mol. The van der Waals surface area contributed by atoms with Gasteiger partial charge in [-0.25, -0.2) is 17.9 Å². The van der Waals surface area contributed by atoms with Crippen LogP contribution in [0.5, 0.6) is 11.5 Å². The molecule has 154 valence electrons. The van der Waals surface area contributed by atoms with Gasteiger partial charge in [-0.3, -0.25) is 4.79 Å². The fraction of sp³-hybridized carbons (Fsp3) is 0.300. The van der Waals surface area contributed by atoms with Crippen LogP contribution < -0.4 is 14.2 Å².